The zero-order chi connectivity index (χ0) is 19.7. The number of imidazole rings is 1. The van der Waals surface area contributed by atoms with Crippen LogP contribution in [-0.4, -0.2) is 15.5 Å². The molecule has 0 spiro atoms. The smallest absolute Gasteiger partial charge is 0.322 e. The van der Waals surface area contributed by atoms with Crippen LogP contribution in [0, 0.1) is 0 Å². The van der Waals surface area contributed by atoms with Gasteiger partial charge in [0.2, 0.25) is 0 Å². The van der Waals surface area contributed by atoms with Gasteiger partial charge in [0.15, 0.2) is 0 Å². The van der Waals surface area contributed by atoms with Crippen LogP contribution in [0.25, 0.3) is 16.7 Å². The normalized spacial score (nSPS) is 11.5. The lowest BCUT2D eigenvalue weighted by Gasteiger charge is -2.10. The molecule has 0 aliphatic rings. The molecule has 4 aromatic rings. The molecule has 0 bridgehead atoms. The number of carbonyl (C=O) groups is 1. The molecule has 1 amide bonds. The number of anilines is 1. The average molecular weight is 381 g/mol. The number of fused-ring (bicyclic) bond motifs is 1. The third-order valence-electron chi connectivity index (χ3n) is 4.29. The molecule has 0 aliphatic heterocycles. The molecule has 140 valence electrons. The Kier molecular flexibility index (Phi) is 4.35. The van der Waals surface area contributed by atoms with Crippen molar-refractivity contribution in [1.29, 1.82) is 0 Å². The highest BCUT2D eigenvalue weighted by atomic mass is 19.4. The first-order valence-electron chi connectivity index (χ1n) is 8.43. The van der Waals surface area contributed by atoms with Gasteiger partial charge in [0.1, 0.15) is 6.33 Å². The molecule has 0 saturated carbocycles. The summed E-state index contributed by atoms with van der Waals surface area (Å²) in [5, 5.41) is 2.50. The summed E-state index contributed by atoms with van der Waals surface area (Å²) in [6.07, 6.45) is -2.81. The van der Waals surface area contributed by atoms with Crippen molar-refractivity contribution in [2.75, 3.05) is 5.32 Å². The Hall–Kier alpha value is -3.61. The Morgan fingerprint density at radius 3 is 2.46 bits per heavy atom. The summed E-state index contributed by atoms with van der Waals surface area (Å²) >= 11 is 0. The number of carbonyl (C=O) groups excluding carboxylic acids is 1. The summed E-state index contributed by atoms with van der Waals surface area (Å²) in [6, 6.07) is 19.1. The zero-order valence-corrected chi connectivity index (χ0v) is 14.4. The van der Waals surface area contributed by atoms with Gasteiger partial charge in [0.25, 0.3) is 5.91 Å². The van der Waals surface area contributed by atoms with E-state index in [1.165, 1.54) is 12.1 Å². The minimum absolute atomic E-state index is 0.0785. The van der Waals surface area contributed by atoms with Crippen molar-refractivity contribution in [3.63, 3.8) is 0 Å². The Bertz CT molecular complexity index is 1150. The summed E-state index contributed by atoms with van der Waals surface area (Å²) in [4.78, 5) is 16.8. The maximum Gasteiger partial charge on any atom is 0.416 e. The highest BCUT2D eigenvalue weighted by molar-refractivity contribution is 6.06. The molecule has 0 radical (unpaired) electrons. The molecule has 0 saturated heterocycles. The number of nitrogens with one attached hydrogen (secondary N) is 1. The fourth-order valence-corrected chi connectivity index (χ4v) is 2.92. The lowest BCUT2D eigenvalue weighted by atomic mass is 10.1. The van der Waals surface area contributed by atoms with Crippen LogP contribution in [0.1, 0.15) is 15.9 Å². The number of hydrogen-bond donors (Lipinski definition) is 1. The summed E-state index contributed by atoms with van der Waals surface area (Å²) in [5.41, 5.74) is 1.94. The Balaban J connectivity index is 1.61. The van der Waals surface area contributed by atoms with Gasteiger partial charge in [-0.25, -0.2) is 4.98 Å². The molecule has 28 heavy (non-hydrogen) atoms. The van der Waals surface area contributed by atoms with E-state index in [-0.39, 0.29) is 5.69 Å². The molecule has 0 fully saturated rings. The Labute approximate surface area is 158 Å². The van der Waals surface area contributed by atoms with Crippen molar-refractivity contribution in [1.82, 2.24) is 9.55 Å². The summed E-state index contributed by atoms with van der Waals surface area (Å²) in [5.74, 6) is -0.504. The third-order valence-corrected chi connectivity index (χ3v) is 4.29. The first-order chi connectivity index (χ1) is 13.4. The molecule has 0 aliphatic carbocycles. The van der Waals surface area contributed by atoms with Crippen molar-refractivity contribution >= 4 is 22.6 Å². The van der Waals surface area contributed by atoms with Gasteiger partial charge in [0, 0.05) is 16.9 Å². The number of rotatable bonds is 3. The summed E-state index contributed by atoms with van der Waals surface area (Å²) in [7, 11) is 0. The molecule has 1 N–H and O–H groups in total. The average Bonchev–Trinajstić information content (AvgIpc) is 3.11. The third kappa shape index (κ3) is 3.46. The molecule has 1 aromatic heterocycles. The summed E-state index contributed by atoms with van der Waals surface area (Å²) in [6.45, 7) is 0. The predicted octanol–water partition coefficient (Wildman–Crippen LogP) is 5.30. The van der Waals surface area contributed by atoms with Gasteiger partial charge in [-0.1, -0.05) is 24.3 Å². The van der Waals surface area contributed by atoms with Gasteiger partial charge in [-0.3, -0.25) is 9.36 Å². The number of halogens is 3. The maximum absolute atomic E-state index is 12.8. The van der Waals surface area contributed by atoms with Gasteiger partial charge in [-0.15, -0.1) is 0 Å². The van der Waals surface area contributed by atoms with Crippen LogP contribution in [0.15, 0.2) is 79.1 Å². The minimum atomic E-state index is -4.47. The largest absolute Gasteiger partial charge is 0.416 e. The van der Waals surface area contributed by atoms with E-state index in [0.29, 0.717) is 11.1 Å². The van der Waals surface area contributed by atoms with Crippen LogP contribution in [0.4, 0.5) is 18.9 Å². The number of hydrogen-bond acceptors (Lipinski definition) is 2. The Morgan fingerprint density at radius 2 is 1.71 bits per heavy atom. The highest BCUT2D eigenvalue weighted by Gasteiger charge is 2.30. The monoisotopic (exact) mass is 381 g/mol. The van der Waals surface area contributed by atoms with Gasteiger partial charge in [-0.2, -0.15) is 13.2 Å². The Morgan fingerprint density at radius 1 is 0.929 bits per heavy atom. The van der Waals surface area contributed by atoms with Crippen LogP contribution in [0.3, 0.4) is 0 Å². The molecule has 0 unspecified atom stereocenters. The van der Waals surface area contributed by atoms with Gasteiger partial charge in [-0.05, 0) is 48.5 Å². The SMILES string of the molecule is O=C(Nc1cccc(C(F)(F)F)c1)c1ccc2c(c1)ncn2-c1ccccc1. The second kappa shape index (κ2) is 6.84. The van der Waals surface area contributed by atoms with E-state index in [1.807, 2.05) is 34.9 Å². The number of amides is 1. The highest BCUT2D eigenvalue weighted by Crippen LogP contribution is 2.30. The second-order valence-electron chi connectivity index (χ2n) is 6.19. The van der Waals surface area contributed by atoms with Crippen LogP contribution in [0.5, 0.6) is 0 Å². The van der Waals surface area contributed by atoms with E-state index in [4.69, 9.17) is 0 Å². The molecule has 1 heterocycles. The van der Waals surface area contributed by atoms with Crippen LogP contribution >= 0.6 is 0 Å². The number of nitrogens with zero attached hydrogens (tertiary/aromatic N) is 2. The molecule has 4 nitrogen and oxygen atoms in total. The summed E-state index contributed by atoms with van der Waals surface area (Å²) < 4.78 is 40.4. The van der Waals surface area contributed by atoms with Crippen molar-refractivity contribution in [3.05, 3.63) is 90.3 Å². The molecule has 3 aromatic carbocycles. The first-order valence-corrected chi connectivity index (χ1v) is 8.43. The van der Waals surface area contributed by atoms with E-state index >= 15 is 0 Å². The number of alkyl halides is 3. The molecular weight excluding hydrogens is 367 g/mol. The topological polar surface area (TPSA) is 46.9 Å². The standard InChI is InChI=1S/C21H14F3N3O/c22-21(23,24)15-5-4-6-16(12-15)26-20(28)14-9-10-19-18(11-14)25-13-27(19)17-7-2-1-3-8-17/h1-13H,(H,26,28). The molecule has 0 atom stereocenters. The van der Waals surface area contributed by atoms with E-state index in [0.717, 1.165) is 23.3 Å². The van der Waals surface area contributed by atoms with Crippen LogP contribution in [0.2, 0.25) is 0 Å². The van der Waals surface area contributed by atoms with Gasteiger partial charge < -0.3 is 5.32 Å². The van der Waals surface area contributed by atoms with Crippen molar-refractivity contribution in [2.24, 2.45) is 0 Å². The van der Waals surface area contributed by atoms with Crippen LogP contribution in [-0.2, 0) is 6.18 Å². The fraction of sp³-hybridized carbons (Fsp3) is 0.0476. The van der Waals surface area contributed by atoms with Crippen molar-refractivity contribution in [3.8, 4) is 5.69 Å². The molecular formula is C21H14F3N3O. The second-order valence-corrected chi connectivity index (χ2v) is 6.19. The lowest BCUT2D eigenvalue weighted by Crippen LogP contribution is -2.13. The van der Waals surface area contributed by atoms with Gasteiger partial charge >= 0.3 is 6.18 Å². The quantitative estimate of drug-likeness (QED) is 0.524. The fourth-order valence-electron chi connectivity index (χ4n) is 2.92. The van der Waals surface area contributed by atoms with Crippen molar-refractivity contribution in [2.45, 2.75) is 6.18 Å². The zero-order valence-electron chi connectivity index (χ0n) is 14.4. The molecule has 4 rings (SSSR count). The van der Waals surface area contributed by atoms with Crippen LogP contribution < -0.4 is 5.32 Å². The first kappa shape index (κ1) is 17.8. The minimum Gasteiger partial charge on any atom is -0.322 e. The predicted molar refractivity (Wildman–Crippen MR) is 100 cm³/mol. The lowest BCUT2D eigenvalue weighted by molar-refractivity contribution is -0.137. The number of benzene rings is 3. The number of para-hydroxylation sites is 1. The number of aromatic nitrogens is 2. The van der Waals surface area contributed by atoms with Crippen molar-refractivity contribution < 1.29 is 18.0 Å². The molecule has 7 heteroatoms. The van der Waals surface area contributed by atoms with E-state index in [9.17, 15) is 18.0 Å². The van der Waals surface area contributed by atoms with E-state index in [2.05, 4.69) is 10.3 Å². The van der Waals surface area contributed by atoms with E-state index in [1.54, 1.807) is 24.5 Å². The maximum atomic E-state index is 12.8. The van der Waals surface area contributed by atoms with Gasteiger partial charge in [0.05, 0.1) is 16.6 Å². The van der Waals surface area contributed by atoms with E-state index < -0.39 is 17.6 Å².